The summed E-state index contributed by atoms with van der Waals surface area (Å²) >= 11 is 0. The number of nitrogens with zero attached hydrogens (tertiary/aromatic N) is 1. The Labute approximate surface area is 99.2 Å². The summed E-state index contributed by atoms with van der Waals surface area (Å²) in [7, 11) is 0. The maximum atomic E-state index is 13.6. The van der Waals surface area contributed by atoms with Crippen LogP contribution in [0.1, 0.15) is 17.3 Å². The fourth-order valence-corrected chi connectivity index (χ4v) is 1.89. The van der Waals surface area contributed by atoms with Crippen molar-refractivity contribution in [1.29, 1.82) is 0 Å². The summed E-state index contributed by atoms with van der Waals surface area (Å²) in [5.74, 6) is -0.882. The van der Waals surface area contributed by atoms with Crippen molar-refractivity contribution >= 4 is 11.6 Å². The number of rotatable bonds is 1. The van der Waals surface area contributed by atoms with Crippen molar-refractivity contribution in [2.75, 3.05) is 25.5 Å². The standard InChI is InChI=1S/C12H15FN2O2/c1-8-7-17-5-4-15(8)12(16)10-3-2-9(14)6-11(10)13/h2-3,6,8H,4-5,7,14H2,1H3. The molecule has 1 saturated heterocycles. The van der Waals surface area contributed by atoms with Gasteiger partial charge >= 0.3 is 0 Å². The van der Waals surface area contributed by atoms with E-state index in [0.717, 1.165) is 0 Å². The molecule has 1 unspecified atom stereocenters. The fourth-order valence-electron chi connectivity index (χ4n) is 1.89. The molecule has 0 spiro atoms. The van der Waals surface area contributed by atoms with Crippen LogP contribution in [0.15, 0.2) is 18.2 Å². The van der Waals surface area contributed by atoms with E-state index in [2.05, 4.69) is 0 Å². The molecule has 1 heterocycles. The number of carbonyl (C=O) groups excluding carboxylic acids is 1. The summed E-state index contributed by atoms with van der Waals surface area (Å²) in [6, 6.07) is 4.09. The molecule has 1 aromatic carbocycles. The van der Waals surface area contributed by atoms with Crippen LogP contribution >= 0.6 is 0 Å². The zero-order valence-electron chi connectivity index (χ0n) is 9.65. The zero-order valence-corrected chi connectivity index (χ0v) is 9.65. The number of carbonyl (C=O) groups is 1. The van der Waals surface area contributed by atoms with Crippen molar-refractivity contribution in [3.8, 4) is 0 Å². The molecule has 1 aliphatic rings. The lowest BCUT2D eigenvalue weighted by Crippen LogP contribution is -2.47. The van der Waals surface area contributed by atoms with E-state index in [0.29, 0.717) is 25.4 Å². The molecule has 4 nitrogen and oxygen atoms in total. The van der Waals surface area contributed by atoms with Crippen LogP contribution in [0, 0.1) is 5.82 Å². The number of halogens is 1. The van der Waals surface area contributed by atoms with Gasteiger partial charge in [-0.1, -0.05) is 0 Å². The number of anilines is 1. The maximum absolute atomic E-state index is 13.6. The Balaban J connectivity index is 2.24. The Morgan fingerprint density at radius 1 is 1.59 bits per heavy atom. The molecular formula is C12H15FN2O2. The van der Waals surface area contributed by atoms with Crippen LogP contribution in [-0.2, 0) is 4.74 Å². The smallest absolute Gasteiger partial charge is 0.257 e. The summed E-state index contributed by atoms with van der Waals surface area (Å²) in [6.07, 6.45) is 0. The summed E-state index contributed by atoms with van der Waals surface area (Å²) in [6.45, 7) is 3.35. The van der Waals surface area contributed by atoms with Gasteiger partial charge in [-0.2, -0.15) is 0 Å². The first kappa shape index (κ1) is 11.9. The lowest BCUT2D eigenvalue weighted by atomic mass is 10.1. The first-order chi connectivity index (χ1) is 8.09. The number of nitrogen functional groups attached to an aromatic ring is 1. The molecule has 0 bridgehead atoms. The van der Waals surface area contributed by atoms with E-state index in [-0.39, 0.29) is 17.5 Å². The van der Waals surface area contributed by atoms with Crippen LogP contribution in [-0.4, -0.2) is 36.6 Å². The van der Waals surface area contributed by atoms with Gasteiger partial charge in [-0.15, -0.1) is 0 Å². The van der Waals surface area contributed by atoms with Crippen molar-refractivity contribution in [2.45, 2.75) is 13.0 Å². The fraction of sp³-hybridized carbons (Fsp3) is 0.417. The molecule has 17 heavy (non-hydrogen) atoms. The number of ether oxygens (including phenoxy) is 1. The maximum Gasteiger partial charge on any atom is 0.257 e. The quantitative estimate of drug-likeness (QED) is 0.749. The van der Waals surface area contributed by atoms with Crippen LogP contribution in [0.3, 0.4) is 0 Å². The minimum Gasteiger partial charge on any atom is -0.399 e. The topological polar surface area (TPSA) is 55.6 Å². The number of amides is 1. The van der Waals surface area contributed by atoms with Crippen LogP contribution < -0.4 is 5.73 Å². The molecule has 2 rings (SSSR count). The molecule has 1 aliphatic heterocycles. The van der Waals surface area contributed by atoms with Gasteiger partial charge in [-0.3, -0.25) is 4.79 Å². The van der Waals surface area contributed by atoms with Crippen molar-refractivity contribution < 1.29 is 13.9 Å². The monoisotopic (exact) mass is 238 g/mol. The predicted octanol–water partition coefficient (Wildman–Crippen LogP) is 1.27. The van der Waals surface area contributed by atoms with Gasteiger partial charge in [0, 0.05) is 12.2 Å². The lowest BCUT2D eigenvalue weighted by molar-refractivity contribution is 0.00335. The van der Waals surface area contributed by atoms with Gasteiger partial charge in [-0.25, -0.2) is 4.39 Å². The van der Waals surface area contributed by atoms with Gasteiger partial charge in [0.25, 0.3) is 5.91 Å². The molecule has 0 radical (unpaired) electrons. The van der Waals surface area contributed by atoms with Crippen molar-refractivity contribution in [1.82, 2.24) is 4.90 Å². The number of benzene rings is 1. The van der Waals surface area contributed by atoms with Gasteiger partial charge in [0.1, 0.15) is 5.82 Å². The molecule has 2 N–H and O–H groups in total. The summed E-state index contributed by atoms with van der Waals surface area (Å²) < 4.78 is 18.9. The molecule has 92 valence electrons. The van der Waals surface area contributed by atoms with Gasteiger partial charge in [0.05, 0.1) is 24.8 Å². The van der Waals surface area contributed by atoms with Crippen LogP contribution in [0.25, 0.3) is 0 Å². The molecule has 1 aromatic rings. The Hall–Kier alpha value is -1.62. The van der Waals surface area contributed by atoms with Crippen molar-refractivity contribution in [3.63, 3.8) is 0 Å². The van der Waals surface area contributed by atoms with E-state index < -0.39 is 5.82 Å². The van der Waals surface area contributed by atoms with Gasteiger partial charge in [0.15, 0.2) is 0 Å². The van der Waals surface area contributed by atoms with Crippen molar-refractivity contribution in [3.05, 3.63) is 29.6 Å². The van der Waals surface area contributed by atoms with E-state index in [4.69, 9.17) is 10.5 Å². The molecule has 0 saturated carbocycles. The second-order valence-electron chi connectivity index (χ2n) is 4.16. The first-order valence-electron chi connectivity index (χ1n) is 5.53. The normalized spacial score (nSPS) is 20.4. The highest BCUT2D eigenvalue weighted by Gasteiger charge is 2.26. The minimum absolute atomic E-state index is 0.0341. The largest absolute Gasteiger partial charge is 0.399 e. The van der Waals surface area contributed by atoms with Crippen LogP contribution in [0.5, 0.6) is 0 Å². The van der Waals surface area contributed by atoms with E-state index in [9.17, 15) is 9.18 Å². The SMILES string of the molecule is CC1COCCN1C(=O)c1ccc(N)cc1F. The highest BCUT2D eigenvalue weighted by molar-refractivity contribution is 5.95. The zero-order chi connectivity index (χ0) is 12.4. The molecule has 0 aromatic heterocycles. The molecule has 1 atom stereocenters. The van der Waals surface area contributed by atoms with Gasteiger partial charge in [-0.05, 0) is 25.1 Å². The highest BCUT2D eigenvalue weighted by atomic mass is 19.1. The van der Waals surface area contributed by atoms with Crippen molar-refractivity contribution in [2.24, 2.45) is 0 Å². The average molecular weight is 238 g/mol. The van der Waals surface area contributed by atoms with Crippen LogP contribution in [0.2, 0.25) is 0 Å². The van der Waals surface area contributed by atoms with E-state index in [1.165, 1.54) is 18.2 Å². The molecule has 5 heteroatoms. The molecule has 1 amide bonds. The number of nitrogens with two attached hydrogens (primary N) is 1. The Morgan fingerprint density at radius 3 is 3.00 bits per heavy atom. The van der Waals surface area contributed by atoms with Crippen LogP contribution in [0.4, 0.5) is 10.1 Å². The van der Waals surface area contributed by atoms with E-state index in [1.807, 2.05) is 6.92 Å². The van der Waals surface area contributed by atoms with E-state index >= 15 is 0 Å². The third-order valence-corrected chi connectivity index (χ3v) is 2.85. The van der Waals surface area contributed by atoms with E-state index in [1.54, 1.807) is 4.90 Å². The second-order valence-corrected chi connectivity index (χ2v) is 4.16. The molecule has 1 fully saturated rings. The number of hydrogen-bond acceptors (Lipinski definition) is 3. The number of hydrogen-bond donors (Lipinski definition) is 1. The number of morpholine rings is 1. The first-order valence-corrected chi connectivity index (χ1v) is 5.53. The predicted molar refractivity (Wildman–Crippen MR) is 62.1 cm³/mol. The second kappa shape index (κ2) is 4.71. The van der Waals surface area contributed by atoms with Gasteiger partial charge in [0.2, 0.25) is 0 Å². The lowest BCUT2D eigenvalue weighted by Gasteiger charge is -2.33. The third kappa shape index (κ3) is 2.39. The Kier molecular flexibility index (Phi) is 3.28. The Morgan fingerprint density at radius 2 is 2.35 bits per heavy atom. The molecular weight excluding hydrogens is 223 g/mol. The highest BCUT2D eigenvalue weighted by Crippen LogP contribution is 2.17. The molecule has 0 aliphatic carbocycles. The Bertz CT molecular complexity index is 437. The van der Waals surface area contributed by atoms with Gasteiger partial charge < -0.3 is 15.4 Å². The minimum atomic E-state index is -0.575. The summed E-state index contributed by atoms with van der Waals surface area (Å²) in [5, 5.41) is 0. The summed E-state index contributed by atoms with van der Waals surface area (Å²) in [4.78, 5) is 13.8. The third-order valence-electron chi connectivity index (χ3n) is 2.85. The average Bonchev–Trinajstić information content (AvgIpc) is 2.29. The summed E-state index contributed by atoms with van der Waals surface area (Å²) in [5.41, 5.74) is 5.83.